The van der Waals surface area contributed by atoms with Gasteiger partial charge in [0.2, 0.25) is 0 Å². The largest absolute Gasteiger partial charge is 0.266 e. The molecule has 1 aliphatic rings. The molecule has 1 heterocycles. The van der Waals surface area contributed by atoms with Crippen LogP contribution in [0.5, 0.6) is 0 Å². The lowest BCUT2D eigenvalue weighted by Crippen LogP contribution is -2.07. The fourth-order valence-corrected chi connectivity index (χ4v) is 2.52. The molecule has 96 valence electrons. The van der Waals surface area contributed by atoms with E-state index in [4.69, 9.17) is 4.84 Å². The molecule has 3 rings (SSSR count). The molecule has 2 aromatic rings. The normalized spacial score (nSPS) is 18.0. The summed E-state index contributed by atoms with van der Waals surface area (Å²) in [6, 6.07) is 14.5. The Labute approximate surface area is 124 Å². The van der Waals surface area contributed by atoms with E-state index in [1.165, 1.54) is 15.7 Å². The molecule has 1 aliphatic heterocycles. The minimum absolute atomic E-state index is 0.187. The average molecular weight is 367 g/mol. The monoisotopic (exact) mass is 367 g/mol. The Bertz CT molecular complexity index is 624. The Kier molecular flexibility index (Phi) is 3.52. The van der Waals surface area contributed by atoms with E-state index in [0.29, 0.717) is 0 Å². The van der Waals surface area contributed by atoms with Gasteiger partial charge in [-0.25, -0.2) is 4.39 Å². The van der Waals surface area contributed by atoms with Crippen molar-refractivity contribution < 1.29 is 9.23 Å². The molecule has 2 aromatic carbocycles. The van der Waals surface area contributed by atoms with Gasteiger partial charge in [0, 0.05) is 9.13 Å². The van der Waals surface area contributed by atoms with Gasteiger partial charge in [0.1, 0.15) is 11.9 Å². The number of benzene rings is 2. The average Bonchev–Trinajstić information content (AvgIpc) is 2.89. The molecular formula is C15H11FINO. The summed E-state index contributed by atoms with van der Waals surface area (Å²) < 4.78 is 14.1. The van der Waals surface area contributed by atoms with Crippen LogP contribution in [0.25, 0.3) is 5.70 Å². The van der Waals surface area contributed by atoms with Crippen molar-refractivity contribution in [1.82, 2.24) is 5.48 Å². The van der Waals surface area contributed by atoms with Crippen molar-refractivity contribution in [3.05, 3.63) is 75.1 Å². The zero-order chi connectivity index (χ0) is 13.2. The van der Waals surface area contributed by atoms with Gasteiger partial charge in [0.05, 0.1) is 5.70 Å². The number of hydrogen-bond donors (Lipinski definition) is 1. The van der Waals surface area contributed by atoms with Crippen LogP contribution in [0.1, 0.15) is 17.2 Å². The Morgan fingerprint density at radius 3 is 2.63 bits per heavy atom. The summed E-state index contributed by atoms with van der Waals surface area (Å²) in [6.07, 6.45) is 1.81. The van der Waals surface area contributed by atoms with Gasteiger partial charge in [-0.15, -0.1) is 0 Å². The lowest BCUT2D eigenvalue weighted by molar-refractivity contribution is 0.0510. The second kappa shape index (κ2) is 5.30. The summed E-state index contributed by atoms with van der Waals surface area (Å²) in [5, 5.41) is 0. The van der Waals surface area contributed by atoms with Crippen LogP contribution in [0.2, 0.25) is 0 Å². The molecule has 1 atom stereocenters. The smallest absolute Gasteiger partial charge is 0.131 e. The number of nitrogens with one attached hydrogen (secondary N) is 1. The molecule has 19 heavy (non-hydrogen) atoms. The third-order valence-electron chi connectivity index (χ3n) is 2.95. The molecular weight excluding hydrogens is 356 g/mol. The molecule has 1 N–H and O–H groups in total. The molecule has 1 unspecified atom stereocenters. The zero-order valence-electron chi connectivity index (χ0n) is 9.94. The maximum atomic E-state index is 12.9. The first-order valence-corrected chi connectivity index (χ1v) is 6.95. The fourth-order valence-electron chi connectivity index (χ4n) is 1.97. The summed E-state index contributed by atoms with van der Waals surface area (Å²) in [7, 11) is 0. The van der Waals surface area contributed by atoms with Gasteiger partial charge >= 0.3 is 0 Å². The van der Waals surface area contributed by atoms with Gasteiger partial charge in [-0.2, -0.15) is 0 Å². The summed E-state index contributed by atoms with van der Waals surface area (Å²) in [5.41, 5.74) is 5.87. The van der Waals surface area contributed by atoms with Crippen molar-refractivity contribution in [3.63, 3.8) is 0 Å². The van der Waals surface area contributed by atoms with Crippen molar-refractivity contribution in [2.24, 2.45) is 0 Å². The minimum Gasteiger partial charge on any atom is -0.266 e. The summed E-state index contributed by atoms with van der Waals surface area (Å²) in [4.78, 5) is 5.52. The summed E-state index contributed by atoms with van der Waals surface area (Å²) in [5.74, 6) is -0.239. The molecule has 4 heteroatoms. The van der Waals surface area contributed by atoms with Crippen molar-refractivity contribution in [1.29, 1.82) is 0 Å². The molecule has 0 radical (unpaired) electrons. The maximum absolute atomic E-state index is 12.9. The molecule has 0 saturated carbocycles. The van der Waals surface area contributed by atoms with Crippen LogP contribution in [-0.4, -0.2) is 0 Å². The van der Waals surface area contributed by atoms with E-state index in [2.05, 4.69) is 34.1 Å². The van der Waals surface area contributed by atoms with E-state index in [1.54, 1.807) is 12.1 Å². The third-order valence-corrected chi connectivity index (χ3v) is 3.62. The number of rotatable bonds is 2. The van der Waals surface area contributed by atoms with Crippen LogP contribution in [-0.2, 0) is 4.84 Å². The highest BCUT2D eigenvalue weighted by Crippen LogP contribution is 2.28. The minimum atomic E-state index is -0.239. The highest BCUT2D eigenvalue weighted by molar-refractivity contribution is 14.1. The first-order chi connectivity index (χ1) is 9.22. The Morgan fingerprint density at radius 1 is 1.11 bits per heavy atom. The molecule has 0 fully saturated rings. The van der Waals surface area contributed by atoms with Gasteiger partial charge < -0.3 is 0 Å². The molecule has 0 aliphatic carbocycles. The van der Waals surface area contributed by atoms with Crippen LogP contribution in [0, 0.1) is 9.39 Å². The highest BCUT2D eigenvalue weighted by Gasteiger charge is 2.19. The predicted octanol–water partition coefficient (Wildman–Crippen LogP) is 4.05. The molecule has 2 nitrogen and oxygen atoms in total. The SMILES string of the molecule is Fc1ccc(C2C=C(c3cccc(I)c3)NO2)cc1. The number of halogens is 2. The fraction of sp³-hybridized carbons (Fsp3) is 0.0667. The lowest BCUT2D eigenvalue weighted by Gasteiger charge is -2.07. The molecule has 0 spiro atoms. The molecule has 0 amide bonds. The topological polar surface area (TPSA) is 21.3 Å². The van der Waals surface area contributed by atoms with E-state index in [9.17, 15) is 4.39 Å². The number of hydrogen-bond acceptors (Lipinski definition) is 2. The van der Waals surface area contributed by atoms with Gasteiger partial charge in [-0.05, 0) is 58.5 Å². The standard InChI is InChI=1S/C15H11FINO/c16-12-6-4-10(5-7-12)15-9-14(18-19-15)11-2-1-3-13(17)8-11/h1-9,15,18H. The van der Waals surface area contributed by atoms with E-state index in [0.717, 1.165) is 16.8 Å². The summed E-state index contributed by atoms with van der Waals surface area (Å²) >= 11 is 2.27. The van der Waals surface area contributed by atoms with Crippen molar-refractivity contribution >= 4 is 28.3 Å². The van der Waals surface area contributed by atoms with Crippen LogP contribution in [0.4, 0.5) is 4.39 Å². The highest BCUT2D eigenvalue weighted by atomic mass is 127. The van der Waals surface area contributed by atoms with Crippen LogP contribution >= 0.6 is 22.6 Å². The zero-order valence-corrected chi connectivity index (χ0v) is 12.1. The number of hydroxylamine groups is 1. The van der Waals surface area contributed by atoms with Gasteiger partial charge in [0.15, 0.2) is 0 Å². The maximum Gasteiger partial charge on any atom is 0.131 e. The first kappa shape index (κ1) is 12.6. The van der Waals surface area contributed by atoms with E-state index >= 15 is 0 Å². The third kappa shape index (κ3) is 2.79. The lowest BCUT2D eigenvalue weighted by atomic mass is 10.1. The Hall–Kier alpha value is -1.40. The molecule has 0 aromatic heterocycles. The quantitative estimate of drug-likeness (QED) is 0.809. The first-order valence-electron chi connectivity index (χ1n) is 5.87. The van der Waals surface area contributed by atoms with Crippen LogP contribution < -0.4 is 5.48 Å². The van der Waals surface area contributed by atoms with Crippen molar-refractivity contribution in [2.45, 2.75) is 6.10 Å². The van der Waals surface area contributed by atoms with Crippen LogP contribution in [0.15, 0.2) is 54.6 Å². The molecule has 0 saturated heterocycles. The van der Waals surface area contributed by atoms with Crippen molar-refractivity contribution in [2.75, 3.05) is 0 Å². The van der Waals surface area contributed by atoms with Crippen molar-refractivity contribution in [3.8, 4) is 0 Å². The van der Waals surface area contributed by atoms with Gasteiger partial charge in [0.25, 0.3) is 0 Å². The second-order valence-corrected chi connectivity index (χ2v) is 5.53. The Morgan fingerprint density at radius 2 is 1.89 bits per heavy atom. The summed E-state index contributed by atoms with van der Waals surface area (Å²) in [6.45, 7) is 0. The van der Waals surface area contributed by atoms with E-state index < -0.39 is 0 Å². The van der Waals surface area contributed by atoms with Gasteiger partial charge in [-0.3, -0.25) is 10.3 Å². The predicted molar refractivity (Wildman–Crippen MR) is 80.5 cm³/mol. The van der Waals surface area contributed by atoms with Crippen LogP contribution in [0.3, 0.4) is 0 Å². The molecule has 0 bridgehead atoms. The van der Waals surface area contributed by atoms with E-state index in [1.807, 2.05) is 24.3 Å². The Balaban J connectivity index is 1.87. The second-order valence-electron chi connectivity index (χ2n) is 4.28. The van der Waals surface area contributed by atoms with E-state index in [-0.39, 0.29) is 11.9 Å². The van der Waals surface area contributed by atoms with Gasteiger partial charge in [-0.1, -0.05) is 24.3 Å².